The van der Waals surface area contributed by atoms with Crippen LogP contribution in [0.2, 0.25) is 0 Å². The highest BCUT2D eigenvalue weighted by Gasteiger charge is 2.54. The standard InChI is InChI=1S/C19H26N2O4/c1-5-19(16(22)20-18(24)21(4)17(19)23)13(2)11-14(3)25-12-15-9-7-6-8-10-15/h6-10,13-14H,5,11-12H2,1-4H3,(H,20,22,24). The fraction of sp³-hybridized carbons (Fsp3) is 0.526. The summed E-state index contributed by atoms with van der Waals surface area (Å²) in [7, 11) is 1.40. The molecule has 4 amide bonds. The summed E-state index contributed by atoms with van der Waals surface area (Å²) in [5, 5.41) is 2.30. The van der Waals surface area contributed by atoms with Gasteiger partial charge in [0.2, 0.25) is 11.8 Å². The Labute approximate surface area is 148 Å². The first-order valence-electron chi connectivity index (χ1n) is 8.62. The molecule has 0 saturated carbocycles. The zero-order chi connectivity index (χ0) is 18.6. The summed E-state index contributed by atoms with van der Waals surface area (Å²) < 4.78 is 5.87. The average molecular weight is 346 g/mol. The van der Waals surface area contributed by atoms with Gasteiger partial charge in [0.15, 0.2) is 0 Å². The lowest BCUT2D eigenvalue weighted by Gasteiger charge is -2.41. The molecule has 0 aromatic heterocycles. The first-order valence-corrected chi connectivity index (χ1v) is 8.62. The van der Waals surface area contributed by atoms with Crippen LogP contribution in [-0.2, 0) is 20.9 Å². The third kappa shape index (κ3) is 3.74. The van der Waals surface area contributed by atoms with Crippen molar-refractivity contribution in [1.82, 2.24) is 10.2 Å². The molecule has 1 aliphatic heterocycles. The van der Waals surface area contributed by atoms with E-state index in [0.717, 1.165) is 10.5 Å². The van der Waals surface area contributed by atoms with Crippen LogP contribution in [0.1, 0.15) is 39.2 Å². The molecule has 3 unspecified atom stereocenters. The minimum absolute atomic E-state index is 0.123. The van der Waals surface area contributed by atoms with Gasteiger partial charge >= 0.3 is 6.03 Å². The first-order chi connectivity index (χ1) is 11.8. The van der Waals surface area contributed by atoms with Crippen molar-refractivity contribution < 1.29 is 19.1 Å². The quantitative estimate of drug-likeness (QED) is 0.770. The number of carbonyl (C=O) groups excluding carboxylic acids is 3. The predicted octanol–water partition coefficient (Wildman–Crippen LogP) is 2.72. The largest absolute Gasteiger partial charge is 0.374 e. The zero-order valence-electron chi connectivity index (χ0n) is 15.2. The zero-order valence-corrected chi connectivity index (χ0v) is 15.2. The van der Waals surface area contributed by atoms with E-state index in [1.54, 1.807) is 6.92 Å². The lowest BCUT2D eigenvalue weighted by molar-refractivity contribution is -0.155. The smallest absolute Gasteiger partial charge is 0.330 e. The van der Waals surface area contributed by atoms with Gasteiger partial charge in [-0.3, -0.25) is 19.8 Å². The summed E-state index contributed by atoms with van der Waals surface area (Å²) >= 11 is 0. The Bertz CT molecular complexity index is 646. The molecule has 1 N–H and O–H groups in total. The molecule has 1 aliphatic rings. The number of barbiturate groups is 1. The maximum atomic E-state index is 12.7. The number of hydrogen-bond donors (Lipinski definition) is 1. The normalized spacial score (nSPS) is 23.4. The summed E-state index contributed by atoms with van der Waals surface area (Å²) in [5.74, 6) is -1.20. The molecule has 0 spiro atoms. The maximum absolute atomic E-state index is 12.7. The first kappa shape index (κ1) is 19.1. The Morgan fingerprint density at radius 2 is 1.80 bits per heavy atom. The number of nitrogens with one attached hydrogen (secondary N) is 1. The van der Waals surface area contributed by atoms with Crippen molar-refractivity contribution >= 4 is 17.8 Å². The van der Waals surface area contributed by atoms with E-state index < -0.39 is 23.3 Å². The minimum atomic E-state index is -1.23. The number of hydrogen-bond acceptors (Lipinski definition) is 4. The van der Waals surface area contributed by atoms with Gasteiger partial charge in [-0.1, -0.05) is 44.2 Å². The predicted molar refractivity (Wildman–Crippen MR) is 93.5 cm³/mol. The second kappa shape index (κ2) is 7.78. The molecule has 6 heteroatoms. The fourth-order valence-corrected chi connectivity index (χ4v) is 3.46. The Balaban J connectivity index is 2.06. The van der Waals surface area contributed by atoms with Crippen molar-refractivity contribution in [3.8, 4) is 0 Å². The van der Waals surface area contributed by atoms with E-state index in [9.17, 15) is 14.4 Å². The highest BCUT2D eigenvalue weighted by molar-refractivity contribution is 6.19. The van der Waals surface area contributed by atoms with Gasteiger partial charge in [0, 0.05) is 7.05 Å². The average Bonchev–Trinajstić information content (AvgIpc) is 2.60. The number of urea groups is 1. The van der Waals surface area contributed by atoms with E-state index in [2.05, 4.69) is 5.32 Å². The van der Waals surface area contributed by atoms with Crippen molar-refractivity contribution in [2.75, 3.05) is 7.05 Å². The van der Waals surface area contributed by atoms with Crippen molar-refractivity contribution in [3.05, 3.63) is 35.9 Å². The van der Waals surface area contributed by atoms with Crippen LogP contribution in [0.5, 0.6) is 0 Å². The lowest BCUT2D eigenvalue weighted by Crippen LogP contribution is -2.64. The van der Waals surface area contributed by atoms with Crippen LogP contribution in [0.4, 0.5) is 4.79 Å². The van der Waals surface area contributed by atoms with Gasteiger partial charge in [-0.05, 0) is 31.2 Å². The van der Waals surface area contributed by atoms with Gasteiger partial charge in [-0.15, -0.1) is 0 Å². The van der Waals surface area contributed by atoms with E-state index in [1.807, 2.05) is 44.2 Å². The topological polar surface area (TPSA) is 75.7 Å². The second-order valence-electron chi connectivity index (χ2n) is 6.69. The van der Waals surface area contributed by atoms with Gasteiger partial charge in [0.1, 0.15) is 5.41 Å². The molecule has 0 aliphatic carbocycles. The van der Waals surface area contributed by atoms with Gasteiger partial charge in [0.05, 0.1) is 12.7 Å². The Morgan fingerprint density at radius 3 is 2.40 bits per heavy atom. The number of nitrogens with zero attached hydrogens (tertiary/aromatic N) is 1. The second-order valence-corrected chi connectivity index (χ2v) is 6.69. The van der Waals surface area contributed by atoms with Crippen LogP contribution in [0.15, 0.2) is 30.3 Å². The summed E-state index contributed by atoms with van der Waals surface area (Å²) in [4.78, 5) is 37.9. The number of rotatable bonds is 7. The Morgan fingerprint density at radius 1 is 1.16 bits per heavy atom. The number of benzene rings is 1. The number of carbonyl (C=O) groups is 3. The summed E-state index contributed by atoms with van der Waals surface area (Å²) in [6, 6.07) is 9.17. The highest BCUT2D eigenvalue weighted by atomic mass is 16.5. The third-order valence-electron chi connectivity index (χ3n) is 5.08. The SMILES string of the molecule is CCC1(C(C)CC(C)OCc2ccccc2)C(=O)NC(=O)N(C)C1=O. The molecule has 6 nitrogen and oxygen atoms in total. The van der Waals surface area contributed by atoms with E-state index in [1.165, 1.54) is 7.05 Å². The van der Waals surface area contributed by atoms with Crippen molar-refractivity contribution in [3.63, 3.8) is 0 Å². The lowest BCUT2D eigenvalue weighted by atomic mass is 9.69. The molecule has 1 heterocycles. The summed E-state index contributed by atoms with van der Waals surface area (Å²) in [6.45, 7) is 6.08. The molecule has 2 rings (SSSR count). The number of amides is 4. The van der Waals surface area contributed by atoms with Gasteiger partial charge in [-0.25, -0.2) is 4.79 Å². The molecule has 1 fully saturated rings. The molecule has 1 aromatic rings. The van der Waals surface area contributed by atoms with Gasteiger partial charge < -0.3 is 4.74 Å². The van der Waals surface area contributed by atoms with Gasteiger partial charge in [0.25, 0.3) is 0 Å². The fourth-order valence-electron chi connectivity index (χ4n) is 3.46. The molecule has 1 saturated heterocycles. The summed E-state index contributed by atoms with van der Waals surface area (Å²) in [5.41, 5.74) is -0.156. The number of ether oxygens (including phenoxy) is 1. The van der Waals surface area contributed by atoms with E-state index >= 15 is 0 Å². The molecular weight excluding hydrogens is 320 g/mol. The third-order valence-corrected chi connectivity index (χ3v) is 5.08. The van der Waals surface area contributed by atoms with Crippen LogP contribution >= 0.6 is 0 Å². The monoisotopic (exact) mass is 346 g/mol. The van der Waals surface area contributed by atoms with Crippen molar-refractivity contribution in [2.45, 2.75) is 46.3 Å². The molecule has 25 heavy (non-hydrogen) atoms. The molecule has 0 bridgehead atoms. The Hall–Kier alpha value is -2.21. The molecule has 136 valence electrons. The minimum Gasteiger partial charge on any atom is -0.374 e. The van der Waals surface area contributed by atoms with E-state index in [-0.39, 0.29) is 12.0 Å². The molecule has 3 atom stereocenters. The van der Waals surface area contributed by atoms with Gasteiger partial charge in [-0.2, -0.15) is 0 Å². The van der Waals surface area contributed by atoms with Crippen molar-refractivity contribution in [2.24, 2.45) is 11.3 Å². The van der Waals surface area contributed by atoms with E-state index in [0.29, 0.717) is 19.4 Å². The van der Waals surface area contributed by atoms with Crippen molar-refractivity contribution in [1.29, 1.82) is 0 Å². The van der Waals surface area contributed by atoms with Crippen LogP contribution in [0.25, 0.3) is 0 Å². The molecule has 0 radical (unpaired) electrons. The van der Waals surface area contributed by atoms with E-state index in [4.69, 9.17) is 4.74 Å². The molecule has 1 aromatic carbocycles. The number of imide groups is 2. The summed E-state index contributed by atoms with van der Waals surface area (Å²) in [6.07, 6.45) is 0.756. The Kier molecular flexibility index (Phi) is 5.95. The van der Waals surface area contributed by atoms with Crippen LogP contribution in [-0.4, -0.2) is 35.9 Å². The van der Waals surface area contributed by atoms with Crippen LogP contribution < -0.4 is 5.32 Å². The van der Waals surface area contributed by atoms with Crippen LogP contribution in [0, 0.1) is 11.3 Å². The van der Waals surface area contributed by atoms with Crippen LogP contribution in [0.3, 0.4) is 0 Å². The maximum Gasteiger partial charge on any atom is 0.330 e. The highest BCUT2D eigenvalue weighted by Crippen LogP contribution is 2.39. The molecular formula is C19H26N2O4.